The van der Waals surface area contributed by atoms with Crippen molar-refractivity contribution in [2.24, 2.45) is 5.92 Å². The first-order valence-corrected chi connectivity index (χ1v) is 7.55. The van der Waals surface area contributed by atoms with Crippen LogP contribution in [-0.2, 0) is 14.3 Å². The van der Waals surface area contributed by atoms with Crippen LogP contribution in [-0.4, -0.2) is 31.1 Å². The molecule has 0 spiro atoms. The summed E-state index contributed by atoms with van der Waals surface area (Å²) in [5, 5.41) is 4.57. The third-order valence-corrected chi connectivity index (χ3v) is 2.87. The molecule has 0 heterocycles. The van der Waals surface area contributed by atoms with Crippen molar-refractivity contribution in [3.63, 3.8) is 0 Å². The third-order valence-electron chi connectivity index (χ3n) is 2.87. The number of benzene rings is 1. The van der Waals surface area contributed by atoms with Crippen LogP contribution in [0.5, 0.6) is 0 Å². The second-order valence-electron chi connectivity index (χ2n) is 5.48. The molecule has 24 heavy (non-hydrogen) atoms. The first kappa shape index (κ1) is 19.3. The number of carbonyl (C=O) groups is 3. The van der Waals surface area contributed by atoms with Gasteiger partial charge in [-0.15, -0.1) is 0 Å². The van der Waals surface area contributed by atoms with Crippen molar-refractivity contribution in [1.29, 1.82) is 0 Å². The molecule has 0 aliphatic carbocycles. The van der Waals surface area contributed by atoms with Crippen molar-refractivity contribution in [2.45, 2.75) is 20.3 Å². The smallest absolute Gasteiger partial charge is 0.331 e. The molecule has 0 aliphatic rings. The van der Waals surface area contributed by atoms with Gasteiger partial charge in [0.1, 0.15) is 5.82 Å². The van der Waals surface area contributed by atoms with E-state index in [0.717, 1.165) is 12.5 Å². The molecule has 0 unspecified atom stereocenters. The van der Waals surface area contributed by atoms with Gasteiger partial charge >= 0.3 is 12.0 Å². The van der Waals surface area contributed by atoms with E-state index in [-0.39, 0.29) is 0 Å². The Bertz CT molecular complexity index is 614. The second-order valence-corrected chi connectivity index (χ2v) is 5.48. The van der Waals surface area contributed by atoms with E-state index in [4.69, 9.17) is 0 Å². The van der Waals surface area contributed by atoms with Crippen LogP contribution < -0.4 is 10.6 Å². The monoisotopic (exact) mass is 336 g/mol. The van der Waals surface area contributed by atoms with Gasteiger partial charge in [-0.3, -0.25) is 10.1 Å². The highest BCUT2D eigenvalue weighted by atomic mass is 19.1. The van der Waals surface area contributed by atoms with Crippen molar-refractivity contribution in [3.05, 3.63) is 41.7 Å². The van der Waals surface area contributed by atoms with Gasteiger partial charge in [-0.25, -0.2) is 14.0 Å². The lowest BCUT2D eigenvalue weighted by Gasteiger charge is -2.08. The quantitative estimate of drug-likeness (QED) is 0.591. The fourth-order valence-electron chi connectivity index (χ4n) is 1.64. The molecule has 0 fully saturated rings. The molecule has 1 rings (SSSR count). The van der Waals surface area contributed by atoms with Gasteiger partial charge in [0.25, 0.3) is 5.91 Å². The average molecular weight is 336 g/mol. The molecule has 3 amide bonds. The third kappa shape index (κ3) is 8.67. The van der Waals surface area contributed by atoms with Gasteiger partial charge in [0.2, 0.25) is 0 Å². The molecule has 1 aromatic carbocycles. The highest BCUT2D eigenvalue weighted by molar-refractivity contribution is 5.96. The molecule has 0 saturated carbocycles. The van der Waals surface area contributed by atoms with Crippen LogP contribution in [0.2, 0.25) is 0 Å². The van der Waals surface area contributed by atoms with E-state index >= 15 is 0 Å². The minimum atomic E-state index is -0.769. The Hall–Kier alpha value is -2.70. The first-order chi connectivity index (χ1) is 11.4. The van der Waals surface area contributed by atoms with E-state index in [0.29, 0.717) is 18.0 Å². The molecule has 0 saturated heterocycles. The van der Waals surface area contributed by atoms with Crippen LogP contribution in [0.15, 0.2) is 30.3 Å². The molecular weight excluding hydrogens is 315 g/mol. The molecule has 2 N–H and O–H groups in total. The largest absolute Gasteiger partial charge is 0.452 e. The van der Waals surface area contributed by atoms with Gasteiger partial charge in [0.05, 0.1) is 0 Å². The summed E-state index contributed by atoms with van der Waals surface area (Å²) in [4.78, 5) is 34.3. The van der Waals surface area contributed by atoms with E-state index in [1.807, 2.05) is 13.8 Å². The number of carbonyl (C=O) groups excluding carboxylic acids is 3. The Kier molecular flexibility index (Phi) is 8.18. The summed E-state index contributed by atoms with van der Waals surface area (Å²) in [6, 6.07) is 5.02. The van der Waals surface area contributed by atoms with E-state index in [2.05, 4.69) is 15.4 Å². The Morgan fingerprint density at radius 1 is 1.29 bits per heavy atom. The minimum Gasteiger partial charge on any atom is -0.452 e. The summed E-state index contributed by atoms with van der Waals surface area (Å²) in [6.45, 7) is 3.90. The SMILES string of the molecule is CC(C)CCNC(=O)NC(=O)COC(=O)/C=C/c1cccc(F)c1. The van der Waals surface area contributed by atoms with Crippen LogP contribution in [0.4, 0.5) is 9.18 Å². The highest BCUT2D eigenvalue weighted by Crippen LogP contribution is 2.05. The van der Waals surface area contributed by atoms with Crippen molar-refractivity contribution in [3.8, 4) is 0 Å². The van der Waals surface area contributed by atoms with E-state index in [9.17, 15) is 18.8 Å². The van der Waals surface area contributed by atoms with E-state index in [1.165, 1.54) is 24.3 Å². The van der Waals surface area contributed by atoms with Crippen LogP contribution in [0, 0.1) is 11.7 Å². The van der Waals surface area contributed by atoms with Crippen LogP contribution in [0.1, 0.15) is 25.8 Å². The van der Waals surface area contributed by atoms with Gasteiger partial charge < -0.3 is 10.1 Å². The molecule has 0 bridgehead atoms. The topological polar surface area (TPSA) is 84.5 Å². The summed E-state index contributed by atoms with van der Waals surface area (Å²) in [7, 11) is 0. The number of ether oxygens (including phenoxy) is 1. The maximum atomic E-state index is 13.0. The Morgan fingerprint density at radius 2 is 2.04 bits per heavy atom. The standard InChI is InChI=1S/C17H21FN2O4/c1-12(2)8-9-19-17(23)20-15(21)11-24-16(22)7-6-13-4-3-5-14(18)10-13/h3-7,10,12H,8-9,11H2,1-2H3,(H2,19,20,21,23)/b7-6+. The van der Waals surface area contributed by atoms with Crippen LogP contribution in [0.25, 0.3) is 6.08 Å². The van der Waals surface area contributed by atoms with Gasteiger partial charge in [-0.1, -0.05) is 26.0 Å². The lowest BCUT2D eigenvalue weighted by atomic mass is 10.1. The number of amides is 3. The zero-order valence-corrected chi connectivity index (χ0v) is 13.7. The van der Waals surface area contributed by atoms with Gasteiger partial charge in [-0.2, -0.15) is 0 Å². The minimum absolute atomic E-state index is 0.423. The van der Waals surface area contributed by atoms with Crippen molar-refractivity contribution < 1.29 is 23.5 Å². The molecule has 6 nitrogen and oxygen atoms in total. The number of esters is 1. The van der Waals surface area contributed by atoms with Gasteiger partial charge in [-0.05, 0) is 36.1 Å². The number of urea groups is 1. The summed E-state index contributed by atoms with van der Waals surface area (Å²) in [6.07, 6.45) is 3.23. The lowest BCUT2D eigenvalue weighted by Crippen LogP contribution is -2.41. The first-order valence-electron chi connectivity index (χ1n) is 7.55. The highest BCUT2D eigenvalue weighted by Gasteiger charge is 2.09. The molecule has 7 heteroatoms. The van der Waals surface area contributed by atoms with Crippen molar-refractivity contribution in [2.75, 3.05) is 13.2 Å². The van der Waals surface area contributed by atoms with E-state index < -0.39 is 30.3 Å². The fraction of sp³-hybridized carbons (Fsp3) is 0.353. The summed E-state index contributed by atoms with van der Waals surface area (Å²) in [5.74, 6) is -1.49. The second kappa shape index (κ2) is 10.1. The fourth-order valence-corrected chi connectivity index (χ4v) is 1.64. The molecular formula is C17H21FN2O4. The van der Waals surface area contributed by atoms with E-state index in [1.54, 1.807) is 6.07 Å². The van der Waals surface area contributed by atoms with Gasteiger partial charge in [0.15, 0.2) is 6.61 Å². The zero-order chi connectivity index (χ0) is 17.9. The van der Waals surface area contributed by atoms with Crippen molar-refractivity contribution in [1.82, 2.24) is 10.6 Å². The Morgan fingerprint density at radius 3 is 2.71 bits per heavy atom. The van der Waals surface area contributed by atoms with Crippen LogP contribution >= 0.6 is 0 Å². The zero-order valence-electron chi connectivity index (χ0n) is 13.7. The molecule has 0 aromatic heterocycles. The summed E-state index contributed by atoms with van der Waals surface area (Å²) < 4.78 is 17.6. The lowest BCUT2D eigenvalue weighted by molar-refractivity contribution is -0.143. The average Bonchev–Trinajstić information content (AvgIpc) is 2.50. The molecule has 0 aliphatic heterocycles. The summed E-state index contributed by atoms with van der Waals surface area (Å²) >= 11 is 0. The number of nitrogens with one attached hydrogen (secondary N) is 2. The maximum Gasteiger partial charge on any atom is 0.331 e. The normalized spacial score (nSPS) is 10.7. The van der Waals surface area contributed by atoms with Crippen LogP contribution in [0.3, 0.4) is 0 Å². The molecule has 0 radical (unpaired) electrons. The van der Waals surface area contributed by atoms with Gasteiger partial charge in [0, 0.05) is 12.6 Å². The number of halogens is 1. The number of hydrogen-bond donors (Lipinski definition) is 2. The predicted octanol–water partition coefficient (Wildman–Crippen LogP) is 2.25. The Balaban J connectivity index is 2.28. The Labute approximate surface area is 140 Å². The molecule has 130 valence electrons. The predicted molar refractivity (Wildman–Crippen MR) is 87.4 cm³/mol. The van der Waals surface area contributed by atoms with Crippen molar-refractivity contribution >= 4 is 24.0 Å². The number of hydrogen-bond acceptors (Lipinski definition) is 4. The maximum absolute atomic E-state index is 13.0. The number of rotatable bonds is 7. The molecule has 0 atom stereocenters. The number of imide groups is 1. The summed E-state index contributed by atoms with van der Waals surface area (Å²) in [5.41, 5.74) is 0.487. The molecule has 1 aromatic rings.